The van der Waals surface area contributed by atoms with Gasteiger partial charge in [-0.2, -0.15) is 4.80 Å². The summed E-state index contributed by atoms with van der Waals surface area (Å²) in [6.45, 7) is 3.21. The van der Waals surface area contributed by atoms with E-state index in [4.69, 9.17) is 5.73 Å². The van der Waals surface area contributed by atoms with Crippen LogP contribution in [-0.2, 0) is 13.0 Å². The van der Waals surface area contributed by atoms with E-state index in [2.05, 4.69) is 40.5 Å². The van der Waals surface area contributed by atoms with Gasteiger partial charge in [-0.05, 0) is 17.7 Å². The number of tetrazole rings is 1. The van der Waals surface area contributed by atoms with Crippen LogP contribution in [0, 0.1) is 6.92 Å². The Morgan fingerprint density at radius 1 is 1.38 bits per heavy atom. The number of benzene rings is 1. The second-order valence-electron chi connectivity index (χ2n) is 3.76. The molecular weight excluding hydrogens is 202 g/mol. The summed E-state index contributed by atoms with van der Waals surface area (Å²) in [4.78, 5) is 1.53. The lowest BCUT2D eigenvalue weighted by atomic mass is 10.1. The topological polar surface area (TPSA) is 69.6 Å². The van der Waals surface area contributed by atoms with Crippen molar-refractivity contribution in [3.63, 3.8) is 0 Å². The molecule has 2 rings (SSSR count). The van der Waals surface area contributed by atoms with Gasteiger partial charge >= 0.3 is 0 Å². The fraction of sp³-hybridized carbons (Fsp3) is 0.364. The van der Waals surface area contributed by atoms with Gasteiger partial charge in [0.1, 0.15) is 0 Å². The average molecular weight is 217 g/mol. The van der Waals surface area contributed by atoms with Crippen molar-refractivity contribution in [2.45, 2.75) is 19.9 Å². The molecule has 0 radical (unpaired) electrons. The molecule has 16 heavy (non-hydrogen) atoms. The van der Waals surface area contributed by atoms with E-state index < -0.39 is 0 Å². The summed E-state index contributed by atoms with van der Waals surface area (Å²) < 4.78 is 0. The van der Waals surface area contributed by atoms with E-state index in [1.54, 1.807) is 0 Å². The van der Waals surface area contributed by atoms with Crippen molar-refractivity contribution in [2.24, 2.45) is 5.73 Å². The van der Waals surface area contributed by atoms with Gasteiger partial charge in [-0.3, -0.25) is 0 Å². The highest BCUT2D eigenvalue weighted by Crippen LogP contribution is 2.07. The van der Waals surface area contributed by atoms with Crippen LogP contribution in [-0.4, -0.2) is 26.8 Å². The summed E-state index contributed by atoms with van der Waals surface area (Å²) in [5, 5.41) is 12.1. The van der Waals surface area contributed by atoms with Crippen LogP contribution in [0.15, 0.2) is 24.3 Å². The largest absolute Gasteiger partial charge is 0.329 e. The Hall–Kier alpha value is -1.75. The highest BCUT2D eigenvalue weighted by atomic mass is 15.6. The third kappa shape index (κ3) is 2.64. The van der Waals surface area contributed by atoms with Crippen LogP contribution in [0.4, 0.5) is 0 Å². The summed E-state index contributed by atoms with van der Waals surface area (Å²) in [5.41, 5.74) is 7.86. The quantitative estimate of drug-likeness (QED) is 0.811. The van der Waals surface area contributed by atoms with Crippen molar-refractivity contribution in [2.75, 3.05) is 6.54 Å². The average Bonchev–Trinajstić information content (AvgIpc) is 2.66. The Morgan fingerprint density at radius 3 is 3.00 bits per heavy atom. The molecule has 5 nitrogen and oxygen atoms in total. The summed E-state index contributed by atoms with van der Waals surface area (Å²) in [5.74, 6) is 0.735. The molecule has 0 saturated heterocycles. The van der Waals surface area contributed by atoms with Gasteiger partial charge in [-0.1, -0.05) is 29.8 Å². The summed E-state index contributed by atoms with van der Waals surface area (Å²) in [6.07, 6.45) is 0.715. The van der Waals surface area contributed by atoms with Crippen LogP contribution in [0.3, 0.4) is 0 Å². The van der Waals surface area contributed by atoms with E-state index in [1.165, 1.54) is 15.9 Å². The molecule has 0 saturated carbocycles. The Bertz CT molecular complexity index is 463. The van der Waals surface area contributed by atoms with Crippen molar-refractivity contribution in [3.05, 3.63) is 41.2 Å². The fourth-order valence-electron chi connectivity index (χ4n) is 1.56. The maximum Gasteiger partial charge on any atom is 0.179 e. The fourth-order valence-corrected chi connectivity index (χ4v) is 1.56. The van der Waals surface area contributed by atoms with Crippen molar-refractivity contribution in [1.29, 1.82) is 0 Å². The summed E-state index contributed by atoms with van der Waals surface area (Å²) >= 11 is 0. The normalized spacial score (nSPS) is 10.6. The van der Waals surface area contributed by atoms with Crippen molar-refractivity contribution < 1.29 is 0 Å². The molecule has 0 atom stereocenters. The lowest BCUT2D eigenvalue weighted by Crippen LogP contribution is -2.12. The van der Waals surface area contributed by atoms with E-state index in [-0.39, 0.29) is 0 Å². The molecule has 1 aromatic carbocycles. The van der Waals surface area contributed by atoms with Gasteiger partial charge in [0.15, 0.2) is 5.82 Å². The molecule has 1 heterocycles. The van der Waals surface area contributed by atoms with Gasteiger partial charge in [0.25, 0.3) is 0 Å². The smallest absolute Gasteiger partial charge is 0.179 e. The molecule has 0 amide bonds. The third-order valence-electron chi connectivity index (χ3n) is 2.27. The minimum atomic E-state index is 0.528. The van der Waals surface area contributed by atoms with E-state index in [9.17, 15) is 0 Å². The predicted octanol–water partition coefficient (Wildman–Crippen LogP) is 0.531. The standard InChI is InChI=1S/C11H15N5/c1-9-3-2-4-10(7-9)8-11-13-15-16(14-11)6-5-12/h2-4,7H,5-6,8,12H2,1H3. The molecule has 84 valence electrons. The first-order chi connectivity index (χ1) is 7.78. The van der Waals surface area contributed by atoms with Crippen LogP contribution in [0.5, 0.6) is 0 Å². The zero-order valence-corrected chi connectivity index (χ0v) is 9.30. The van der Waals surface area contributed by atoms with Crippen molar-refractivity contribution in [1.82, 2.24) is 20.2 Å². The van der Waals surface area contributed by atoms with Crippen molar-refractivity contribution >= 4 is 0 Å². The molecule has 0 aliphatic heterocycles. The Labute approximate surface area is 94.3 Å². The van der Waals surface area contributed by atoms with E-state index >= 15 is 0 Å². The number of rotatable bonds is 4. The monoisotopic (exact) mass is 217 g/mol. The molecule has 5 heteroatoms. The number of nitrogens with zero attached hydrogens (tertiary/aromatic N) is 4. The SMILES string of the molecule is Cc1cccc(Cc2nnn(CCN)n2)c1. The highest BCUT2D eigenvalue weighted by molar-refractivity contribution is 5.24. The van der Waals surface area contributed by atoms with E-state index in [1.807, 2.05) is 6.07 Å². The van der Waals surface area contributed by atoms with Crippen LogP contribution >= 0.6 is 0 Å². The number of nitrogens with two attached hydrogens (primary N) is 1. The van der Waals surface area contributed by atoms with Gasteiger partial charge in [0, 0.05) is 13.0 Å². The zero-order chi connectivity index (χ0) is 11.4. The lowest BCUT2D eigenvalue weighted by Gasteiger charge is -1.98. The summed E-state index contributed by atoms with van der Waals surface area (Å²) in [6, 6.07) is 8.30. The molecule has 0 bridgehead atoms. The molecule has 1 aromatic heterocycles. The Balaban J connectivity index is 2.08. The minimum Gasteiger partial charge on any atom is -0.329 e. The molecule has 0 unspecified atom stereocenters. The molecular formula is C11H15N5. The maximum atomic E-state index is 5.41. The molecule has 2 N–H and O–H groups in total. The third-order valence-corrected chi connectivity index (χ3v) is 2.27. The number of hydrogen-bond acceptors (Lipinski definition) is 4. The first-order valence-corrected chi connectivity index (χ1v) is 5.30. The minimum absolute atomic E-state index is 0.528. The molecule has 0 spiro atoms. The van der Waals surface area contributed by atoms with Gasteiger partial charge < -0.3 is 5.73 Å². The Morgan fingerprint density at radius 2 is 2.25 bits per heavy atom. The zero-order valence-electron chi connectivity index (χ0n) is 9.30. The van der Waals surface area contributed by atoms with Gasteiger partial charge in [-0.15, -0.1) is 10.2 Å². The molecule has 2 aromatic rings. The number of aromatic nitrogens is 4. The second-order valence-corrected chi connectivity index (χ2v) is 3.76. The lowest BCUT2D eigenvalue weighted by molar-refractivity contribution is 0.529. The van der Waals surface area contributed by atoms with Gasteiger partial charge in [0.05, 0.1) is 6.54 Å². The number of aryl methyl sites for hydroxylation is 1. The van der Waals surface area contributed by atoms with E-state index in [0.717, 1.165) is 5.82 Å². The molecule has 0 aliphatic rings. The highest BCUT2D eigenvalue weighted by Gasteiger charge is 2.03. The van der Waals surface area contributed by atoms with E-state index in [0.29, 0.717) is 19.5 Å². The first-order valence-electron chi connectivity index (χ1n) is 5.30. The van der Waals surface area contributed by atoms with Crippen LogP contribution in [0.2, 0.25) is 0 Å². The predicted molar refractivity (Wildman–Crippen MR) is 60.9 cm³/mol. The van der Waals surface area contributed by atoms with Crippen LogP contribution in [0.25, 0.3) is 0 Å². The molecule has 0 fully saturated rings. The number of hydrogen-bond donors (Lipinski definition) is 1. The summed E-state index contributed by atoms with van der Waals surface area (Å²) in [7, 11) is 0. The van der Waals surface area contributed by atoms with Crippen molar-refractivity contribution in [3.8, 4) is 0 Å². The second kappa shape index (κ2) is 4.85. The first kappa shape index (κ1) is 10.8. The van der Waals surface area contributed by atoms with Gasteiger partial charge in [-0.25, -0.2) is 0 Å². The molecule has 0 aliphatic carbocycles. The maximum absolute atomic E-state index is 5.41. The van der Waals surface area contributed by atoms with Crippen LogP contribution in [0.1, 0.15) is 17.0 Å². The van der Waals surface area contributed by atoms with Crippen LogP contribution < -0.4 is 5.73 Å². The van der Waals surface area contributed by atoms with Gasteiger partial charge in [0.2, 0.25) is 0 Å². The Kier molecular flexibility index (Phi) is 3.26.